The number of fused-ring (bicyclic) bond motifs is 1. The molecule has 1 aliphatic rings. The molecule has 0 spiro atoms. The minimum atomic E-state index is -0.850. The fraction of sp³-hybridized carbons (Fsp3) is 0.150. The topological polar surface area (TPSA) is 46.1 Å². The lowest BCUT2D eigenvalue weighted by molar-refractivity contribution is 0.0723. The number of hydrogen-bond donors (Lipinski definition) is 0. The van der Waals surface area contributed by atoms with Crippen molar-refractivity contribution < 1.29 is 13.6 Å². The van der Waals surface area contributed by atoms with Crippen LogP contribution in [0.3, 0.4) is 0 Å². The molecule has 0 unspecified atom stereocenters. The first-order valence-corrected chi connectivity index (χ1v) is 8.27. The second-order valence-corrected chi connectivity index (χ2v) is 6.10. The second-order valence-electron chi connectivity index (χ2n) is 6.10. The van der Waals surface area contributed by atoms with Crippen molar-refractivity contribution in [2.24, 2.45) is 0 Å². The highest BCUT2D eigenvalue weighted by molar-refractivity contribution is 5.94. The minimum Gasteiger partial charge on any atom is -0.334 e. The Balaban J connectivity index is 1.60. The summed E-state index contributed by atoms with van der Waals surface area (Å²) in [7, 11) is 0. The molecule has 3 aromatic rings. The zero-order valence-corrected chi connectivity index (χ0v) is 13.8. The SMILES string of the molecule is O=C(c1c(F)cccc1F)N1CCc2nc(-c3ccccc3)ncc2C1. The van der Waals surface area contributed by atoms with Crippen LogP contribution in [0, 0.1) is 11.6 Å². The summed E-state index contributed by atoms with van der Waals surface area (Å²) in [5, 5.41) is 0. The lowest BCUT2D eigenvalue weighted by Gasteiger charge is -2.28. The summed E-state index contributed by atoms with van der Waals surface area (Å²) in [4.78, 5) is 22.9. The van der Waals surface area contributed by atoms with Gasteiger partial charge >= 0.3 is 0 Å². The maximum Gasteiger partial charge on any atom is 0.260 e. The normalized spacial score (nSPS) is 13.4. The Morgan fingerprint density at radius 2 is 1.73 bits per heavy atom. The van der Waals surface area contributed by atoms with Crippen molar-refractivity contribution in [3.63, 3.8) is 0 Å². The number of hydrogen-bond acceptors (Lipinski definition) is 3. The lowest BCUT2D eigenvalue weighted by Crippen LogP contribution is -2.37. The Morgan fingerprint density at radius 3 is 2.46 bits per heavy atom. The van der Waals surface area contributed by atoms with Crippen LogP contribution in [-0.2, 0) is 13.0 Å². The Bertz CT molecular complexity index is 956. The second kappa shape index (κ2) is 6.63. The van der Waals surface area contributed by atoms with E-state index >= 15 is 0 Å². The predicted molar refractivity (Wildman–Crippen MR) is 92.3 cm³/mol. The van der Waals surface area contributed by atoms with Gasteiger partial charge in [-0.2, -0.15) is 0 Å². The summed E-state index contributed by atoms with van der Waals surface area (Å²) in [6.45, 7) is 0.585. The molecular weight excluding hydrogens is 336 g/mol. The van der Waals surface area contributed by atoms with Gasteiger partial charge in [-0.3, -0.25) is 4.79 Å². The first-order valence-electron chi connectivity index (χ1n) is 8.27. The third-order valence-corrected chi connectivity index (χ3v) is 4.43. The molecular formula is C20H15F2N3O. The molecule has 6 heteroatoms. The van der Waals surface area contributed by atoms with Gasteiger partial charge in [-0.1, -0.05) is 36.4 Å². The molecule has 0 N–H and O–H groups in total. The van der Waals surface area contributed by atoms with Crippen molar-refractivity contribution >= 4 is 5.91 Å². The van der Waals surface area contributed by atoms with Gasteiger partial charge in [-0.15, -0.1) is 0 Å². The van der Waals surface area contributed by atoms with E-state index in [9.17, 15) is 13.6 Å². The fourth-order valence-corrected chi connectivity index (χ4v) is 3.08. The number of nitrogens with zero attached hydrogens (tertiary/aromatic N) is 3. The molecule has 0 radical (unpaired) electrons. The van der Waals surface area contributed by atoms with Crippen LogP contribution in [0.5, 0.6) is 0 Å². The Labute approximate surface area is 149 Å². The van der Waals surface area contributed by atoms with E-state index < -0.39 is 23.1 Å². The van der Waals surface area contributed by atoms with E-state index in [1.807, 2.05) is 30.3 Å². The van der Waals surface area contributed by atoms with E-state index in [-0.39, 0.29) is 6.54 Å². The maximum absolute atomic E-state index is 13.9. The summed E-state index contributed by atoms with van der Waals surface area (Å²) in [5.74, 6) is -1.73. The molecule has 4 nitrogen and oxygen atoms in total. The van der Waals surface area contributed by atoms with Crippen molar-refractivity contribution in [2.45, 2.75) is 13.0 Å². The molecule has 0 aliphatic carbocycles. The van der Waals surface area contributed by atoms with Gasteiger partial charge in [0.25, 0.3) is 5.91 Å². The minimum absolute atomic E-state index is 0.233. The summed E-state index contributed by atoms with van der Waals surface area (Å²) >= 11 is 0. The number of benzene rings is 2. The third-order valence-electron chi connectivity index (χ3n) is 4.43. The number of amides is 1. The van der Waals surface area contributed by atoms with Gasteiger partial charge in [0.05, 0.1) is 5.69 Å². The van der Waals surface area contributed by atoms with Crippen LogP contribution >= 0.6 is 0 Å². The Morgan fingerprint density at radius 1 is 1.00 bits per heavy atom. The van der Waals surface area contributed by atoms with E-state index in [1.165, 1.54) is 11.0 Å². The average molecular weight is 351 g/mol. The summed E-state index contributed by atoms with van der Waals surface area (Å²) < 4.78 is 27.8. The number of aromatic nitrogens is 2. The zero-order chi connectivity index (χ0) is 18.1. The molecule has 0 saturated carbocycles. The molecule has 1 aromatic heterocycles. The summed E-state index contributed by atoms with van der Waals surface area (Å²) in [6, 6.07) is 13.0. The van der Waals surface area contributed by atoms with E-state index in [2.05, 4.69) is 9.97 Å². The number of halogens is 2. The van der Waals surface area contributed by atoms with Gasteiger partial charge in [-0.25, -0.2) is 18.7 Å². The predicted octanol–water partition coefficient (Wildman–Crippen LogP) is 3.62. The van der Waals surface area contributed by atoms with Crippen molar-refractivity contribution in [1.82, 2.24) is 14.9 Å². The highest BCUT2D eigenvalue weighted by Crippen LogP contribution is 2.23. The Kier molecular flexibility index (Phi) is 4.16. The smallest absolute Gasteiger partial charge is 0.260 e. The highest BCUT2D eigenvalue weighted by atomic mass is 19.1. The first-order chi connectivity index (χ1) is 12.6. The van der Waals surface area contributed by atoms with E-state index in [4.69, 9.17) is 0 Å². The van der Waals surface area contributed by atoms with Crippen molar-refractivity contribution in [2.75, 3.05) is 6.54 Å². The van der Waals surface area contributed by atoms with Crippen LogP contribution in [0.2, 0.25) is 0 Å². The fourth-order valence-electron chi connectivity index (χ4n) is 3.08. The van der Waals surface area contributed by atoms with Gasteiger partial charge in [0.15, 0.2) is 5.82 Å². The molecule has 1 aliphatic heterocycles. The quantitative estimate of drug-likeness (QED) is 0.708. The monoisotopic (exact) mass is 351 g/mol. The summed E-state index contributed by atoms with van der Waals surface area (Å²) in [5.41, 5.74) is 2.05. The number of carbonyl (C=O) groups excluding carboxylic acids is 1. The molecule has 0 fully saturated rings. The maximum atomic E-state index is 13.9. The number of rotatable bonds is 2. The van der Waals surface area contributed by atoms with E-state index in [1.54, 1.807) is 6.20 Å². The largest absolute Gasteiger partial charge is 0.334 e. The van der Waals surface area contributed by atoms with Crippen LogP contribution in [0.4, 0.5) is 8.78 Å². The van der Waals surface area contributed by atoms with Crippen LogP contribution in [0.1, 0.15) is 21.6 Å². The molecule has 1 amide bonds. The van der Waals surface area contributed by atoms with Gasteiger partial charge in [-0.05, 0) is 12.1 Å². The zero-order valence-electron chi connectivity index (χ0n) is 13.8. The van der Waals surface area contributed by atoms with Crippen molar-refractivity contribution in [1.29, 1.82) is 0 Å². The number of carbonyl (C=O) groups is 1. The Hall–Kier alpha value is -3.15. The van der Waals surface area contributed by atoms with Gasteiger partial charge in [0, 0.05) is 36.8 Å². The van der Waals surface area contributed by atoms with Gasteiger partial charge < -0.3 is 4.90 Å². The van der Waals surface area contributed by atoms with Crippen molar-refractivity contribution in [3.8, 4) is 11.4 Å². The van der Waals surface area contributed by atoms with Gasteiger partial charge in [0.1, 0.15) is 17.2 Å². The van der Waals surface area contributed by atoms with Gasteiger partial charge in [0.2, 0.25) is 0 Å². The van der Waals surface area contributed by atoms with E-state index in [0.717, 1.165) is 29.0 Å². The molecule has 4 rings (SSSR count). The highest BCUT2D eigenvalue weighted by Gasteiger charge is 2.27. The summed E-state index contributed by atoms with van der Waals surface area (Å²) in [6.07, 6.45) is 2.20. The third kappa shape index (κ3) is 2.94. The first kappa shape index (κ1) is 16.3. The lowest BCUT2D eigenvalue weighted by atomic mass is 10.0. The molecule has 2 heterocycles. The molecule has 0 saturated heterocycles. The van der Waals surface area contributed by atoms with Crippen LogP contribution < -0.4 is 0 Å². The molecule has 0 atom stereocenters. The van der Waals surface area contributed by atoms with Crippen LogP contribution in [0.25, 0.3) is 11.4 Å². The standard InChI is InChI=1S/C20H15F2N3O/c21-15-7-4-8-16(22)18(15)20(26)25-10-9-17-14(12-25)11-23-19(24-17)13-5-2-1-3-6-13/h1-8,11H,9-10,12H2. The van der Waals surface area contributed by atoms with Crippen molar-refractivity contribution in [3.05, 3.63) is 83.2 Å². The molecule has 26 heavy (non-hydrogen) atoms. The van der Waals surface area contributed by atoms with Crippen LogP contribution in [-0.4, -0.2) is 27.3 Å². The van der Waals surface area contributed by atoms with E-state index in [0.29, 0.717) is 18.8 Å². The molecule has 2 aromatic carbocycles. The van der Waals surface area contributed by atoms with Crippen LogP contribution in [0.15, 0.2) is 54.7 Å². The average Bonchev–Trinajstić information content (AvgIpc) is 2.67. The molecule has 0 bridgehead atoms. The molecule has 130 valence electrons.